The van der Waals surface area contributed by atoms with Crippen LogP contribution in [0.4, 0.5) is 0 Å². The molecule has 0 saturated carbocycles. The van der Waals surface area contributed by atoms with E-state index in [4.69, 9.17) is 0 Å². The highest BCUT2D eigenvalue weighted by Crippen LogP contribution is 2.06. The zero-order valence-electron chi connectivity index (χ0n) is 15.9. The van der Waals surface area contributed by atoms with Gasteiger partial charge in [-0.25, -0.2) is 0 Å². The fraction of sp³-hybridized carbons (Fsp3) is 0.348. The number of rotatable bonds is 8. The first-order valence-electron chi connectivity index (χ1n) is 9.77. The Kier molecular flexibility index (Phi) is 7.63. The summed E-state index contributed by atoms with van der Waals surface area (Å²) in [5.74, 6) is 0.259. The van der Waals surface area contributed by atoms with E-state index in [2.05, 4.69) is 58.8 Å². The van der Waals surface area contributed by atoms with Crippen molar-refractivity contribution in [3.63, 3.8) is 0 Å². The lowest BCUT2D eigenvalue weighted by Crippen LogP contribution is -2.49. The van der Waals surface area contributed by atoms with E-state index in [1.165, 1.54) is 11.1 Å². The fourth-order valence-electron chi connectivity index (χ4n) is 3.26. The molecule has 0 spiro atoms. The third-order valence-electron chi connectivity index (χ3n) is 4.89. The zero-order chi connectivity index (χ0) is 18.7. The summed E-state index contributed by atoms with van der Waals surface area (Å²) in [6.45, 7) is 6.04. The number of benzene rings is 2. The molecule has 1 aliphatic heterocycles. The van der Waals surface area contributed by atoms with Crippen LogP contribution < -0.4 is 5.32 Å². The van der Waals surface area contributed by atoms with Crippen LogP contribution in [-0.2, 0) is 11.3 Å². The number of nitrogens with zero attached hydrogens (tertiary/aromatic N) is 2. The molecule has 27 heavy (non-hydrogen) atoms. The smallest absolute Gasteiger partial charge is 0.223 e. The van der Waals surface area contributed by atoms with Gasteiger partial charge in [-0.1, -0.05) is 72.8 Å². The topological polar surface area (TPSA) is 35.6 Å². The van der Waals surface area contributed by atoms with Crippen molar-refractivity contribution >= 4 is 12.0 Å². The minimum absolute atomic E-state index is 0.259. The molecule has 1 heterocycles. The van der Waals surface area contributed by atoms with Gasteiger partial charge in [-0.2, -0.15) is 0 Å². The van der Waals surface area contributed by atoms with Gasteiger partial charge in [-0.05, 0) is 11.1 Å². The third-order valence-corrected chi connectivity index (χ3v) is 4.89. The number of carbonyl (C=O) groups excluding carboxylic acids is 1. The highest BCUT2D eigenvalue weighted by atomic mass is 16.2. The van der Waals surface area contributed by atoms with Gasteiger partial charge in [0.05, 0.1) is 0 Å². The molecule has 1 N–H and O–H groups in total. The van der Waals surface area contributed by atoms with E-state index in [-0.39, 0.29) is 5.91 Å². The van der Waals surface area contributed by atoms with E-state index < -0.39 is 0 Å². The predicted octanol–water partition coefficient (Wildman–Crippen LogP) is 3.02. The van der Waals surface area contributed by atoms with Crippen LogP contribution in [0.1, 0.15) is 17.5 Å². The van der Waals surface area contributed by atoms with Gasteiger partial charge in [0.1, 0.15) is 0 Å². The minimum Gasteiger partial charge on any atom is -0.340 e. The number of carbonyl (C=O) groups is 1. The van der Waals surface area contributed by atoms with E-state index in [1.54, 1.807) is 0 Å². The van der Waals surface area contributed by atoms with Crippen LogP contribution in [0.25, 0.3) is 6.08 Å². The van der Waals surface area contributed by atoms with Gasteiger partial charge in [0.15, 0.2) is 0 Å². The second-order valence-electron chi connectivity index (χ2n) is 6.91. The molecule has 0 radical (unpaired) electrons. The molecular weight excluding hydrogens is 334 g/mol. The average Bonchev–Trinajstić information content (AvgIpc) is 2.73. The highest BCUT2D eigenvalue weighted by molar-refractivity contribution is 5.76. The summed E-state index contributed by atoms with van der Waals surface area (Å²) >= 11 is 0. The van der Waals surface area contributed by atoms with Crippen molar-refractivity contribution in [2.24, 2.45) is 0 Å². The predicted molar refractivity (Wildman–Crippen MR) is 111 cm³/mol. The molecule has 0 aliphatic carbocycles. The van der Waals surface area contributed by atoms with Gasteiger partial charge in [0.25, 0.3) is 0 Å². The normalized spacial score (nSPS) is 15.3. The van der Waals surface area contributed by atoms with E-state index in [1.807, 2.05) is 29.2 Å². The van der Waals surface area contributed by atoms with Gasteiger partial charge in [-0.3, -0.25) is 9.69 Å². The summed E-state index contributed by atoms with van der Waals surface area (Å²) in [6.07, 6.45) is 4.94. The Balaban J connectivity index is 1.30. The molecule has 1 saturated heterocycles. The highest BCUT2D eigenvalue weighted by Gasteiger charge is 2.19. The Hall–Kier alpha value is -2.43. The Morgan fingerprint density at radius 2 is 1.59 bits per heavy atom. The van der Waals surface area contributed by atoms with Gasteiger partial charge >= 0.3 is 0 Å². The number of amides is 1. The van der Waals surface area contributed by atoms with E-state index in [0.29, 0.717) is 6.42 Å². The first-order valence-corrected chi connectivity index (χ1v) is 9.77. The molecule has 0 atom stereocenters. The summed E-state index contributed by atoms with van der Waals surface area (Å²) in [4.78, 5) is 16.8. The maximum atomic E-state index is 12.4. The maximum Gasteiger partial charge on any atom is 0.223 e. The fourth-order valence-corrected chi connectivity index (χ4v) is 3.26. The van der Waals surface area contributed by atoms with Crippen LogP contribution in [0.15, 0.2) is 66.7 Å². The molecule has 1 fully saturated rings. The van der Waals surface area contributed by atoms with E-state index in [0.717, 1.165) is 45.8 Å². The van der Waals surface area contributed by atoms with Gasteiger partial charge in [0, 0.05) is 52.2 Å². The average molecular weight is 364 g/mol. The van der Waals surface area contributed by atoms with Crippen molar-refractivity contribution in [1.29, 1.82) is 0 Å². The molecule has 0 unspecified atom stereocenters. The summed E-state index contributed by atoms with van der Waals surface area (Å²) in [6, 6.07) is 20.7. The zero-order valence-corrected chi connectivity index (χ0v) is 15.9. The van der Waals surface area contributed by atoms with Crippen LogP contribution in [0.2, 0.25) is 0 Å². The summed E-state index contributed by atoms with van der Waals surface area (Å²) < 4.78 is 0. The van der Waals surface area contributed by atoms with Gasteiger partial charge in [-0.15, -0.1) is 0 Å². The molecule has 1 amide bonds. The Bertz CT molecular complexity index is 707. The lowest BCUT2D eigenvalue weighted by molar-refractivity contribution is -0.132. The number of hydrogen-bond donors (Lipinski definition) is 1. The molecule has 2 aromatic carbocycles. The van der Waals surface area contributed by atoms with Crippen molar-refractivity contribution in [3.8, 4) is 0 Å². The van der Waals surface area contributed by atoms with Crippen molar-refractivity contribution in [3.05, 3.63) is 77.9 Å². The first kappa shape index (κ1) is 19.3. The number of hydrogen-bond acceptors (Lipinski definition) is 3. The molecule has 0 bridgehead atoms. The summed E-state index contributed by atoms with van der Waals surface area (Å²) in [7, 11) is 0. The largest absolute Gasteiger partial charge is 0.340 e. The minimum atomic E-state index is 0.259. The van der Waals surface area contributed by atoms with Crippen LogP contribution in [-0.4, -0.2) is 55.0 Å². The van der Waals surface area contributed by atoms with Crippen molar-refractivity contribution in [2.75, 3.05) is 39.3 Å². The molecule has 4 heteroatoms. The molecule has 0 aromatic heterocycles. The maximum absolute atomic E-state index is 12.4. The van der Waals surface area contributed by atoms with Crippen molar-refractivity contribution in [2.45, 2.75) is 13.0 Å². The van der Waals surface area contributed by atoms with E-state index >= 15 is 0 Å². The number of nitrogens with one attached hydrogen (secondary N) is 1. The molecule has 3 rings (SSSR count). The lowest BCUT2D eigenvalue weighted by atomic mass is 10.2. The van der Waals surface area contributed by atoms with Gasteiger partial charge in [0.2, 0.25) is 5.91 Å². The summed E-state index contributed by atoms with van der Waals surface area (Å²) in [5.41, 5.74) is 2.48. The van der Waals surface area contributed by atoms with Crippen LogP contribution in [0.3, 0.4) is 0 Å². The molecular formula is C23H29N3O. The Morgan fingerprint density at radius 3 is 2.30 bits per heavy atom. The molecule has 2 aromatic rings. The Labute approximate surface area is 162 Å². The quantitative estimate of drug-likeness (QED) is 0.733. The molecule has 4 nitrogen and oxygen atoms in total. The number of piperazine rings is 1. The lowest BCUT2D eigenvalue weighted by Gasteiger charge is -2.34. The van der Waals surface area contributed by atoms with Gasteiger partial charge < -0.3 is 10.2 Å². The molecule has 142 valence electrons. The second kappa shape index (κ2) is 10.7. The van der Waals surface area contributed by atoms with Crippen molar-refractivity contribution in [1.82, 2.24) is 15.1 Å². The van der Waals surface area contributed by atoms with Crippen LogP contribution in [0, 0.1) is 0 Å². The van der Waals surface area contributed by atoms with Crippen LogP contribution in [0.5, 0.6) is 0 Å². The monoisotopic (exact) mass is 363 g/mol. The Morgan fingerprint density at radius 1 is 0.926 bits per heavy atom. The third kappa shape index (κ3) is 6.66. The second-order valence-corrected chi connectivity index (χ2v) is 6.91. The first-order chi connectivity index (χ1) is 13.3. The molecule has 1 aliphatic rings. The van der Waals surface area contributed by atoms with Crippen molar-refractivity contribution < 1.29 is 4.79 Å². The summed E-state index contributed by atoms with van der Waals surface area (Å²) in [5, 5.41) is 3.36. The van der Waals surface area contributed by atoms with E-state index in [9.17, 15) is 4.79 Å². The SMILES string of the molecule is O=C(CCNCc1ccccc1)N1CCN(C/C=C/c2ccccc2)CC1. The van der Waals surface area contributed by atoms with Crippen LogP contribution >= 0.6 is 0 Å². The standard InChI is InChI=1S/C23H29N3O/c27-23(13-14-24-20-22-10-5-2-6-11-22)26-18-16-25(17-19-26)15-7-12-21-8-3-1-4-9-21/h1-12,24H,13-20H2/b12-7+.